The summed E-state index contributed by atoms with van der Waals surface area (Å²) in [6.07, 6.45) is 21.2. The van der Waals surface area contributed by atoms with Crippen molar-refractivity contribution in [2.24, 2.45) is 17.3 Å². The standard InChI is InChI=1S/C37H64O8/c1-7-11-25-32(8-2)36(41)45-30-37(27-42-33(38)9-3,28-43-34(39)10-4)29-44-35(40)26-23-21-19-17-15-13-12-14-16-18-20-22-24-31(5)6/h9-10,31-32H,3-4,7-8,11-30H2,1-2,5-6H3. The molecule has 0 aliphatic heterocycles. The molecule has 0 aromatic heterocycles. The van der Waals surface area contributed by atoms with Crippen molar-refractivity contribution in [1.29, 1.82) is 0 Å². The van der Waals surface area contributed by atoms with Crippen LogP contribution in [0.1, 0.15) is 143 Å². The smallest absolute Gasteiger partial charge is 0.330 e. The summed E-state index contributed by atoms with van der Waals surface area (Å²) in [6, 6.07) is 0. The number of rotatable bonds is 30. The van der Waals surface area contributed by atoms with Gasteiger partial charge in [0.05, 0.1) is 5.92 Å². The molecule has 8 heteroatoms. The Hall–Kier alpha value is -2.64. The van der Waals surface area contributed by atoms with E-state index in [1.54, 1.807) is 0 Å². The molecule has 0 N–H and O–H groups in total. The topological polar surface area (TPSA) is 105 Å². The van der Waals surface area contributed by atoms with Gasteiger partial charge >= 0.3 is 23.9 Å². The van der Waals surface area contributed by atoms with E-state index in [9.17, 15) is 19.2 Å². The molecule has 0 bridgehead atoms. The van der Waals surface area contributed by atoms with Crippen LogP contribution in [0.5, 0.6) is 0 Å². The van der Waals surface area contributed by atoms with E-state index in [1.165, 1.54) is 57.8 Å². The normalized spacial score (nSPS) is 11.9. The lowest BCUT2D eigenvalue weighted by atomic mass is 9.91. The Kier molecular flexibility index (Phi) is 26.0. The minimum absolute atomic E-state index is 0.250. The third-order valence-corrected chi connectivity index (χ3v) is 8.08. The molecule has 0 radical (unpaired) electrons. The lowest BCUT2D eigenvalue weighted by Gasteiger charge is -2.32. The van der Waals surface area contributed by atoms with Gasteiger partial charge in [-0.3, -0.25) is 9.59 Å². The zero-order valence-electron chi connectivity index (χ0n) is 29.0. The summed E-state index contributed by atoms with van der Waals surface area (Å²) < 4.78 is 21.8. The zero-order chi connectivity index (χ0) is 33.8. The minimum Gasteiger partial charge on any atom is -0.465 e. The van der Waals surface area contributed by atoms with Crippen LogP contribution in [-0.4, -0.2) is 50.3 Å². The van der Waals surface area contributed by atoms with Gasteiger partial charge in [-0.25, -0.2) is 9.59 Å². The van der Waals surface area contributed by atoms with Crippen LogP contribution < -0.4 is 0 Å². The van der Waals surface area contributed by atoms with Crippen LogP contribution in [0.3, 0.4) is 0 Å². The quantitative estimate of drug-likeness (QED) is 0.0333. The van der Waals surface area contributed by atoms with Crippen molar-refractivity contribution in [3.05, 3.63) is 25.3 Å². The second kappa shape index (κ2) is 27.7. The molecule has 0 spiro atoms. The summed E-state index contributed by atoms with van der Waals surface area (Å²) in [5, 5.41) is 0. The van der Waals surface area contributed by atoms with Gasteiger partial charge < -0.3 is 18.9 Å². The highest BCUT2D eigenvalue weighted by Gasteiger charge is 2.38. The molecule has 0 saturated carbocycles. The predicted octanol–water partition coefficient (Wildman–Crippen LogP) is 8.85. The summed E-state index contributed by atoms with van der Waals surface area (Å²) in [7, 11) is 0. The number of carbonyl (C=O) groups is 4. The molecule has 1 unspecified atom stereocenters. The van der Waals surface area contributed by atoms with E-state index < -0.39 is 23.3 Å². The molecule has 0 aliphatic rings. The number of ether oxygens (including phenoxy) is 4. The highest BCUT2D eigenvalue weighted by molar-refractivity contribution is 5.81. The van der Waals surface area contributed by atoms with E-state index in [0.717, 1.165) is 50.2 Å². The molecular formula is C37H64O8. The van der Waals surface area contributed by atoms with Crippen LogP contribution in [0, 0.1) is 17.3 Å². The van der Waals surface area contributed by atoms with Crippen molar-refractivity contribution in [2.75, 3.05) is 26.4 Å². The predicted molar refractivity (Wildman–Crippen MR) is 179 cm³/mol. The molecule has 45 heavy (non-hydrogen) atoms. The van der Waals surface area contributed by atoms with Gasteiger partial charge in [-0.2, -0.15) is 0 Å². The van der Waals surface area contributed by atoms with Crippen LogP contribution >= 0.6 is 0 Å². The average Bonchev–Trinajstić information content (AvgIpc) is 3.03. The molecule has 0 saturated heterocycles. The second-order valence-electron chi connectivity index (χ2n) is 12.8. The minimum atomic E-state index is -1.28. The fourth-order valence-electron chi connectivity index (χ4n) is 4.99. The third-order valence-electron chi connectivity index (χ3n) is 8.08. The molecule has 0 heterocycles. The number of esters is 4. The fraction of sp³-hybridized carbons (Fsp3) is 0.784. The summed E-state index contributed by atoms with van der Waals surface area (Å²) in [6.45, 7) is 14.3. The largest absolute Gasteiger partial charge is 0.465 e. The molecule has 0 aromatic rings. The first-order chi connectivity index (χ1) is 21.6. The SMILES string of the molecule is C=CC(=O)OCC(COC(=O)C=C)(COC(=O)CCCCCCCCCCCCCCC(C)C)COC(=O)C(CC)CCCC. The van der Waals surface area contributed by atoms with Crippen molar-refractivity contribution in [3.8, 4) is 0 Å². The molecular weight excluding hydrogens is 572 g/mol. The molecule has 260 valence electrons. The van der Waals surface area contributed by atoms with Crippen molar-refractivity contribution >= 4 is 23.9 Å². The van der Waals surface area contributed by atoms with Gasteiger partial charge in [-0.1, -0.05) is 131 Å². The maximum Gasteiger partial charge on any atom is 0.330 e. The second-order valence-corrected chi connectivity index (χ2v) is 12.8. The summed E-state index contributed by atoms with van der Waals surface area (Å²) in [4.78, 5) is 49.3. The third kappa shape index (κ3) is 23.4. The van der Waals surface area contributed by atoms with Crippen LogP contribution in [0.25, 0.3) is 0 Å². The Morgan fingerprint density at radius 3 is 1.49 bits per heavy atom. The first kappa shape index (κ1) is 42.4. The number of hydrogen-bond acceptors (Lipinski definition) is 8. The van der Waals surface area contributed by atoms with E-state index >= 15 is 0 Å². The molecule has 8 nitrogen and oxygen atoms in total. The molecule has 0 aromatic carbocycles. The molecule has 0 fully saturated rings. The van der Waals surface area contributed by atoms with Crippen LogP contribution in [0.4, 0.5) is 0 Å². The van der Waals surface area contributed by atoms with Crippen LogP contribution in [0.15, 0.2) is 25.3 Å². The van der Waals surface area contributed by atoms with Crippen molar-refractivity contribution in [1.82, 2.24) is 0 Å². The molecule has 0 amide bonds. The summed E-state index contributed by atoms with van der Waals surface area (Å²) in [5.74, 6) is -1.64. The molecule has 0 aliphatic carbocycles. The van der Waals surface area contributed by atoms with Crippen molar-refractivity contribution in [2.45, 2.75) is 143 Å². The average molecular weight is 637 g/mol. The first-order valence-electron chi connectivity index (χ1n) is 17.5. The fourth-order valence-corrected chi connectivity index (χ4v) is 4.99. The van der Waals surface area contributed by atoms with Gasteiger partial charge in [-0.05, 0) is 25.2 Å². The van der Waals surface area contributed by atoms with Gasteiger partial charge in [0.2, 0.25) is 0 Å². The van der Waals surface area contributed by atoms with Gasteiger partial charge in [0.15, 0.2) is 0 Å². The number of unbranched alkanes of at least 4 members (excludes halogenated alkanes) is 12. The zero-order valence-corrected chi connectivity index (χ0v) is 29.0. The number of carbonyl (C=O) groups excluding carboxylic acids is 4. The lowest BCUT2D eigenvalue weighted by Crippen LogP contribution is -2.44. The Bertz CT molecular complexity index is 810. The maximum atomic E-state index is 12.8. The Morgan fingerprint density at radius 1 is 0.600 bits per heavy atom. The molecule has 1 atom stereocenters. The number of hydrogen-bond donors (Lipinski definition) is 0. The monoisotopic (exact) mass is 636 g/mol. The van der Waals surface area contributed by atoms with Gasteiger partial charge in [0.1, 0.15) is 31.8 Å². The highest BCUT2D eigenvalue weighted by Crippen LogP contribution is 2.24. The summed E-state index contributed by atoms with van der Waals surface area (Å²) >= 11 is 0. The van der Waals surface area contributed by atoms with E-state index in [1.807, 2.05) is 6.92 Å². The summed E-state index contributed by atoms with van der Waals surface area (Å²) in [5.41, 5.74) is -1.28. The van der Waals surface area contributed by atoms with Crippen LogP contribution in [-0.2, 0) is 38.1 Å². The Labute approximate surface area is 274 Å². The van der Waals surface area contributed by atoms with Crippen molar-refractivity contribution in [3.63, 3.8) is 0 Å². The lowest BCUT2D eigenvalue weighted by molar-refractivity contribution is -0.169. The highest BCUT2D eigenvalue weighted by atomic mass is 16.6. The van der Waals surface area contributed by atoms with Gasteiger partial charge in [0, 0.05) is 18.6 Å². The van der Waals surface area contributed by atoms with E-state index in [4.69, 9.17) is 18.9 Å². The Balaban J connectivity index is 4.76. The van der Waals surface area contributed by atoms with E-state index in [-0.39, 0.29) is 44.7 Å². The molecule has 0 rings (SSSR count). The van der Waals surface area contributed by atoms with Gasteiger partial charge in [-0.15, -0.1) is 0 Å². The van der Waals surface area contributed by atoms with E-state index in [0.29, 0.717) is 19.3 Å². The first-order valence-corrected chi connectivity index (χ1v) is 17.5. The van der Waals surface area contributed by atoms with E-state index in [2.05, 4.69) is 33.9 Å². The Morgan fingerprint density at radius 2 is 1.04 bits per heavy atom. The van der Waals surface area contributed by atoms with Gasteiger partial charge in [0.25, 0.3) is 0 Å². The van der Waals surface area contributed by atoms with Crippen molar-refractivity contribution < 1.29 is 38.1 Å². The van der Waals surface area contributed by atoms with Crippen LogP contribution in [0.2, 0.25) is 0 Å². The maximum absolute atomic E-state index is 12.8.